The van der Waals surface area contributed by atoms with Gasteiger partial charge in [0.05, 0.1) is 69.5 Å². The molecule has 0 saturated heterocycles. The van der Waals surface area contributed by atoms with Crippen molar-refractivity contribution in [3.63, 3.8) is 0 Å². The molecule has 0 amide bonds. The average Bonchev–Trinajstić information content (AvgIpc) is 4.41. The highest BCUT2D eigenvalue weighted by molar-refractivity contribution is 7.09. The van der Waals surface area contributed by atoms with Gasteiger partial charge in [0, 0.05) is 46.4 Å². The van der Waals surface area contributed by atoms with Crippen molar-refractivity contribution in [1.29, 1.82) is 0 Å². The van der Waals surface area contributed by atoms with Gasteiger partial charge in [-0.2, -0.15) is 46.2 Å². The number of H-pyrrole nitrogens is 3. The average molecular weight is 1130 g/mol. The van der Waals surface area contributed by atoms with Crippen molar-refractivity contribution in [1.82, 2.24) is 81.1 Å². The minimum atomic E-state index is 0.903. The smallest absolute Gasteiger partial charge is 0.181 e. The molecule has 0 fully saturated rings. The third-order valence-electron chi connectivity index (χ3n) is 8.02. The van der Waals surface area contributed by atoms with E-state index in [0.717, 1.165) is 57.1 Å². The minimum absolute atomic E-state index is 0.903. The molecule has 0 saturated carbocycles. The van der Waals surface area contributed by atoms with Crippen LogP contribution in [0.25, 0.3) is 0 Å². The molecule has 0 aliphatic heterocycles. The molecule has 10 aromatic heterocycles. The van der Waals surface area contributed by atoms with Gasteiger partial charge >= 0.3 is 0 Å². The second-order valence-electron chi connectivity index (χ2n) is 13.8. The summed E-state index contributed by atoms with van der Waals surface area (Å²) < 4.78 is 9.71. The van der Waals surface area contributed by atoms with E-state index < -0.39 is 0 Å². The van der Waals surface area contributed by atoms with Crippen LogP contribution in [0.4, 0.5) is 0 Å². The molecule has 79 heavy (non-hydrogen) atoms. The molecule has 0 unspecified atom stereocenters. The topological polar surface area (TPSA) is 241 Å². The molecule has 440 valence electrons. The lowest BCUT2D eigenvalue weighted by molar-refractivity contribution is 0.525. The molecule has 0 bridgehead atoms. The molecule has 0 aliphatic rings. The van der Waals surface area contributed by atoms with E-state index in [0.29, 0.717) is 0 Å². The lowest BCUT2D eigenvalue weighted by Crippen LogP contribution is -1.72. The summed E-state index contributed by atoms with van der Waals surface area (Å²) in [4.78, 5) is 30.1. The third-order valence-corrected chi connectivity index (χ3v) is 9.74. The maximum absolute atomic E-state index is 4.85. The zero-order valence-electron chi connectivity index (χ0n) is 52.9. The molecule has 10 rings (SSSR count). The Morgan fingerprint density at radius 3 is 0.848 bits per heavy atom. The Morgan fingerprint density at radius 1 is 0.342 bits per heavy atom. The number of aromatic amines is 3. The van der Waals surface area contributed by atoms with Crippen LogP contribution in [0.1, 0.15) is 161 Å². The summed E-state index contributed by atoms with van der Waals surface area (Å²) in [6.07, 6.45) is 16.9. The summed E-state index contributed by atoms with van der Waals surface area (Å²) in [5.74, 6) is 1.81. The predicted octanol–water partition coefficient (Wildman–Crippen LogP) is 16.8. The first-order chi connectivity index (χ1) is 38.1. The minimum Gasteiger partial charge on any atom is -0.449 e. The highest BCUT2D eigenvalue weighted by atomic mass is 32.1. The number of thiazole rings is 2. The fourth-order valence-electron chi connectivity index (χ4n) is 3.54. The van der Waals surface area contributed by atoms with Crippen molar-refractivity contribution in [2.75, 3.05) is 0 Å². The van der Waals surface area contributed by atoms with Crippen LogP contribution in [-0.4, -0.2) is 81.1 Å². The molecule has 10 heterocycles. The van der Waals surface area contributed by atoms with Gasteiger partial charge in [-0.25, -0.2) is 19.9 Å². The molecule has 0 atom stereocenters. The number of oxazole rings is 2. The van der Waals surface area contributed by atoms with E-state index in [9.17, 15) is 0 Å². The van der Waals surface area contributed by atoms with E-state index in [1.165, 1.54) is 33.7 Å². The highest BCUT2D eigenvalue weighted by Gasteiger charge is 1.92. The number of hydrogen-bond acceptors (Lipinski definition) is 17. The van der Waals surface area contributed by atoms with Crippen LogP contribution in [-0.2, 0) is 0 Å². The van der Waals surface area contributed by atoms with Gasteiger partial charge in [-0.3, -0.25) is 15.0 Å². The summed E-state index contributed by atoms with van der Waals surface area (Å²) in [6.45, 7) is 51.5. The SMILES string of the molecule is CC.CC.CC.CC.CC.CC.Cc1ccccn1.Cc1cccnc1.Cc1ccncc1.Cc1cn[nH]n1.Cc1cn[nH]n1.Cc1cn[nH]n1.Cc1ncoc1C.Cc1ncoc1C.Cc1ncsc1C.Cc1ncsc1C. The summed E-state index contributed by atoms with van der Waals surface area (Å²) in [5.41, 5.74) is 14.3. The second-order valence-corrected chi connectivity index (χ2v) is 16.0. The summed E-state index contributed by atoms with van der Waals surface area (Å²) in [6, 6.07) is 13.7. The number of aryl methyl sites for hydroxylation is 14. The fourth-order valence-corrected chi connectivity index (χ4v) is 4.73. The van der Waals surface area contributed by atoms with Gasteiger partial charge in [0.2, 0.25) is 0 Å². The van der Waals surface area contributed by atoms with Crippen molar-refractivity contribution in [2.24, 2.45) is 0 Å². The number of nitrogens with one attached hydrogen (secondary N) is 3. The van der Waals surface area contributed by atoms with Crippen LogP contribution in [0.3, 0.4) is 0 Å². The van der Waals surface area contributed by atoms with E-state index >= 15 is 0 Å². The Kier molecular flexibility index (Phi) is 66.2. The molecular formula is C59H100N16O2S2. The summed E-state index contributed by atoms with van der Waals surface area (Å²) in [5, 5.41) is 29.1. The van der Waals surface area contributed by atoms with Gasteiger partial charge in [0.1, 0.15) is 11.5 Å². The van der Waals surface area contributed by atoms with E-state index in [1.807, 2.05) is 226 Å². The molecule has 0 aromatic carbocycles. The number of pyridine rings is 3. The van der Waals surface area contributed by atoms with Gasteiger partial charge < -0.3 is 8.83 Å². The van der Waals surface area contributed by atoms with Gasteiger partial charge in [0.25, 0.3) is 0 Å². The number of hydrogen-bond donors (Lipinski definition) is 3. The quantitative estimate of drug-likeness (QED) is 0.128. The maximum atomic E-state index is 4.85. The standard InChI is InChI=1S/3C6H7N.2C5H7NO.2C5H7NS.3C3H5N3.6C2H6/c1-6-2-4-7-5-3-6;1-6-3-2-4-7-5-6;1-6-4-2-3-5-7-6;4*1-4-5(2)7-3-6-4;3*1-3-2-4-6-5-3;6*1-2/h3*2-5H,1H3;4*3H,1-2H3;3*2H,1H3,(H,4,5,6);6*1-2H3. The van der Waals surface area contributed by atoms with Crippen LogP contribution in [0.2, 0.25) is 0 Å². The first-order valence-electron chi connectivity index (χ1n) is 26.6. The molecule has 0 spiro atoms. The predicted molar refractivity (Wildman–Crippen MR) is 333 cm³/mol. The zero-order chi connectivity index (χ0) is 61.7. The third kappa shape index (κ3) is 55.1. The lowest BCUT2D eigenvalue weighted by Gasteiger charge is -1.82. The lowest BCUT2D eigenvalue weighted by atomic mass is 10.3. The largest absolute Gasteiger partial charge is 0.449 e. The highest BCUT2D eigenvalue weighted by Crippen LogP contribution is 2.09. The number of nitrogens with zero attached hydrogens (tertiary/aromatic N) is 13. The number of rotatable bonds is 0. The second kappa shape index (κ2) is 63.1. The van der Waals surface area contributed by atoms with Crippen molar-refractivity contribution >= 4 is 22.7 Å². The van der Waals surface area contributed by atoms with Gasteiger partial charge in [-0.05, 0) is 138 Å². The molecule has 3 N–H and O–H groups in total. The van der Waals surface area contributed by atoms with Crippen LogP contribution >= 0.6 is 22.7 Å². The van der Waals surface area contributed by atoms with Crippen molar-refractivity contribution in [3.05, 3.63) is 194 Å². The molecule has 10 aromatic rings. The Bertz CT molecular complexity index is 2200. The maximum Gasteiger partial charge on any atom is 0.181 e. The summed E-state index contributed by atoms with van der Waals surface area (Å²) in [7, 11) is 0. The molecule has 20 heteroatoms. The molecule has 0 radical (unpaired) electrons. The van der Waals surface area contributed by atoms with E-state index in [4.69, 9.17) is 8.83 Å². The Labute approximate surface area is 484 Å². The first kappa shape index (κ1) is 82.9. The van der Waals surface area contributed by atoms with Crippen molar-refractivity contribution in [3.8, 4) is 0 Å². The first-order valence-corrected chi connectivity index (χ1v) is 28.4. The Morgan fingerprint density at radius 2 is 0.734 bits per heavy atom. The molecule has 0 aliphatic carbocycles. The number of aromatic nitrogens is 16. The monoisotopic (exact) mass is 1130 g/mol. The van der Waals surface area contributed by atoms with Gasteiger partial charge in [-0.1, -0.05) is 95.2 Å². The van der Waals surface area contributed by atoms with E-state index in [1.54, 1.807) is 66.1 Å². The van der Waals surface area contributed by atoms with Crippen molar-refractivity contribution < 1.29 is 8.83 Å². The normalized spacial score (nSPS) is 8.13. The van der Waals surface area contributed by atoms with Crippen molar-refractivity contribution in [2.45, 2.75) is 180 Å². The fraction of sp³-hybridized carbons (Fsp3) is 0.441. The Hall–Kier alpha value is -7.45. The van der Waals surface area contributed by atoms with Gasteiger partial charge in [-0.15, -0.1) is 22.7 Å². The molecular weight excluding hydrogens is 1030 g/mol. The Balaban J connectivity index is -0.000000183. The zero-order valence-corrected chi connectivity index (χ0v) is 54.5. The molecule has 18 nitrogen and oxygen atoms in total. The van der Waals surface area contributed by atoms with Gasteiger partial charge in [0.15, 0.2) is 12.8 Å². The van der Waals surface area contributed by atoms with Crippen LogP contribution in [0.15, 0.2) is 125 Å². The summed E-state index contributed by atoms with van der Waals surface area (Å²) >= 11 is 3.39. The van der Waals surface area contributed by atoms with E-state index in [2.05, 4.69) is 95.0 Å². The van der Waals surface area contributed by atoms with Crippen LogP contribution < -0.4 is 0 Å². The van der Waals surface area contributed by atoms with Crippen LogP contribution in [0.5, 0.6) is 0 Å². The van der Waals surface area contributed by atoms with Crippen LogP contribution in [0, 0.1) is 96.9 Å². The van der Waals surface area contributed by atoms with E-state index in [-0.39, 0.29) is 0 Å².